The van der Waals surface area contributed by atoms with E-state index in [9.17, 15) is 14.7 Å². The molecule has 1 saturated carbocycles. The van der Waals surface area contributed by atoms with Crippen LogP contribution in [0, 0.1) is 17.8 Å². The van der Waals surface area contributed by atoms with Crippen molar-refractivity contribution in [3.63, 3.8) is 0 Å². The molecule has 4 rings (SSSR count). The zero-order valence-electron chi connectivity index (χ0n) is 19.1. The van der Waals surface area contributed by atoms with Gasteiger partial charge >= 0.3 is 5.97 Å². The molecule has 170 valence electrons. The molecule has 0 bridgehead atoms. The quantitative estimate of drug-likeness (QED) is 0.383. The number of aromatic nitrogens is 2. The highest BCUT2D eigenvalue weighted by Crippen LogP contribution is 2.39. The third kappa shape index (κ3) is 4.80. The molecule has 1 aromatic carbocycles. The minimum atomic E-state index is -0.897. The molecule has 1 aliphatic rings. The summed E-state index contributed by atoms with van der Waals surface area (Å²) in [5.74, 6) is 0.214. The number of hydrogen-bond donors (Lipinski definition) is 1. The number of thiophene rings is 1. The first-order chi connectivity index (χ1) is 15.3. The predicted molar refractivity (Wildman–Crippen MR) is 128 cm³/mol. The van der Waals surface area contributed by atoms with Crippen molar-refractivity contribution >= 4 is 34.1 Å². The minimum Gasteiger partial charge on any atom is -0.481 e. The van der Waals surface area contributed by atoms with Crippen molar-refractivity contribution in [2.45, 2.75) is 65.3 Å². The average molecular weight is 453 g/mol. The van der Waals surface area contributed by atoms with E-state index in [1.54, 1.807) is 11.3 Å². The highest BCUT2D eigenvalue weighted by molar-refractivity contribution is 7.09. The van der Waals surface area contributed by atoms with E-state index in [1.165, 1.54) is 17.7 Å². The molecule has 1 aliphatic carbocycles. The van der Waals surface area contributed by atoms with Gasteiger partial charge in [-0.1, -0.05) is 33.3 Å². The largest absolute Gasteiger partial charge is 0.481 e. The summed E-state index contributed by atoms with van der Waals surface area (Å²) in [7, 11) is 0. The normalized spacial score (nSPS) is 19.6. The SMILES string of the molecule is CC(C)C[C@H](CC(=O)c1ccc2c(c1)nc(Cc1cccs1)n2C1CCCC1C)C(=O)O. The molecule has 2 heterocycles. The van der Waals surface area contributed by atoms with Gasteiger partial charge in [0, 0.05) is 29.3 Å². The zero-order valence-corrected chi connectivity index (χ0v) is 19.9. The first-order valence-electron chi connectivity index (χ1n) is 11.6. The van der Waals surface area contributed by atoms with Gasteiger partial charge in [0.05, 0.1) is 17.0 Å². The predicted octanol–water partition coefficient (Wildman–Crippen LogP) is 6.37. The minimum absolute atomic E-state index is 0.0292. The van der Waals surface area contributed by atoms with E-state index in [2.05, 4.69) is 29.0 Å². The van der Waals surface area contributed by atoms with Crippen LogP contribution in [0.2, 0.25) is 0 Å². The van der Waals surface area contributed by atoms with Crippen molar-refractivity contribution in [2.75, 3.05) is 0 Å². The number of carbonyl (C=O) groups excluding carboxylic acids is 1. The van der Waals surface area contributed by atoms with Crippen LogP contribution in [0.25, 0.3) is 11.0 Å². The lowest BCUT2D eigenvalue weighted by Gasteiger charge is -2.21. The molecule has 3 atom stereocenters. The van der Waals surface area contributed by atoms with Crippen LogP contribution < -0.4 is 0 Å². The summed E-state index contributed by atoms with van der Waals surface area (Å²) in [6.45, 7) is 6.29. The Balaban J connectivity index is 1.67. The summed E-state index contributed by atoms with van der Waals surface area (Å²) in [4.78, 5) is 30.8. The molecule has 6 heteroatoms. The van der Waals surface area contributed by atoms with Gasteiger partial charge in [0.2, 0.25) is 0 Å². The van der Waals surface area contributed by atoms with Gasteiger partial charge < -0.3 is 9.67 Å². The Morgan fingerprint density at radius 2 is 2.06 bits per heavy atom. The van der Waals surface area contributed by atoms with E-state index >= 15 is 0 Å². The second-order valence-corrected chi connectivity index (χ2v) is 10.7. The van der Waals surface area contributed by atoms with Gasteiger partial charge in [0.25, 0.3) is 0 Å². The summed E-state index contributed by atoms with van der Waals surface area (Å²) in [5.41, 5.74) is 2.46. The van der Waals surface area contributed by atoms with Gasteiger partial charge in [-0.05, 0) is 60.7 Å². The topological polar surface area (TPSA) is 72.2 Å². The number of rotatable bonds is 9. The number of Topliss-reactive ketones (excluding diaryl/α,β-unsaturated/α-hetero) is 1. The van der Waals surface area contributed by atoms with Crippen molar-refractivity contribution < 1.29 is 14.7 Å². The number of nitrogens with zero attached hydrogens (tertiary/aromatic N) is 2. The lowest BCUT2D eigenvalue weighted by molar-refractivity contribution is -0.142. The van der Waals surface area contributed by atoms with Gasteiger partial charge in [0.15, 0.2) is 5.78 Å². The number of aliphatic carboxylic acids is 1. The second-order valence-electron chi connectivity index (χ2n) is 9.63. The van der Waals surface area contributed by atoms with E-state index in [4.69, 9.17) is 4.98 Å². The molecule has 3 aromatic rings. The molecule has 32 heavy (non-hydrogen) atoms. The van der Waals surface area contributed by atoms with Crippen molar-refractivity contribution in [2.24, 2.45) is 17.8 Å². The third-order valence-corrected chi connectivity index (χ3v) is 7.56. The Morgan fingerprint density at radius 3 is 2.69 bits per heavy atom. The summed E-state index contributed by atoms with van der Waals surface area (Å²) in [5, 5.41) is 11.6. The molecule has 5 nitrogen and oxygen atoms in total. The van der Waals surface area contributed by atoms with Crippen molar-refractivity contribution in [1.29, 1.82) is 0 Å². The van der Waals surface area contributed by atoms with E-state index in [1.807, 2.05) is 32.0 Å². The smallest absolute Gasteiger partial charge is 0.306 e. The fraction of sp³-hybridized carbons (Fsp3) is 0.500. The van der Waals surface area contributed by atoms with Gasteiger partial charge in [-0.2, -0.15) is 0 Å². The lowest BCUT2D eigenvalue weighted by atomic mass is 9.90. The standard InChI is InChI=1S/C26H32N2O3S/c1-16(2)12-19(26(30)31)14-24(29)18-9-10-23-21(13-18)27-25(15-20-7-5-11-32-20)28(23)22-8-4-6-17(22)3/h5,7,9-11,13,16-17,19,22H,4,6,8,12,14-15H2,1-3H3,(H,30,31)/t17?,19-,22?/m1/s1. The van der Waals surface area contributed by atoms with Gasteiger partial charge in [-0.15, -0.1) is 11.3 Å². The molecule has 1 fully saturated rings. The van der Waals surface area contributed by atoms with Crippen LogP contribution >= 0.6 is 11.3 Å². The summed E-state index contributed by atoms with van der Waals surface area (Å²) < 4.78 is 2.40. The maximum absolute atomic E-state index is 12.9. The van der Waals surface area contributed by atoms with E-state index in [0.717, 1.165) is 29.7 Å². The number of carbonyl (C=O) groups is 2. The van der Waals surface area contributed by atoms with Crippen LogP contribution in [-0.4, -0.2) is 26.4 Å². The Kier molecular flexibility index (Phi) is 6.79. The van der Waals surface area contributed by atoms with Crippen LogP contribution in [0.1, 0.15) is 80.0 Å². The molecule has 2 aromatic heterocycles. The number of imidazole rings is 1. The number of fused-ring (bicyclic) bond motifs is 1. The number of ketones is 1. The van der Waals surface area contributed by atoms with E-state index in [-0.39, 0.29) is 18.1 Å². The number of carboxylic acids is 1. The molecule has 0 aliphatic heterocycles. The molecule has 0 saturated heterocycles. The van der Waals surface area contributed by atoms with Crippen LogP contribution in [-0.2, 0) is 11.2 Å². The summed E-state index contributed by atoms with van der Waals surface area (Å²) in [6.07, 6.45) is 4.93. The Hall–Kier alpha value is -2.47. The highest BCUT2D eigenvalue weighted by atomic mass is 32.1. The monoisotopic (exact) mass is 452 g/mol. The number of hydrogen-bond acceptors (Lipinski definition) is 4. The third-order valence-electron chi connectivity index (χ3n) is 6.68. The highest BCUT2D eigenvalue weighted by Gasteiger charge is 2.29. The fourth-order valence-electron chi connectivity index (χ4n) is 5.08. The van der Waals surface area contributed by atoms with Gasteiger partial charge in [-0.25, -0.2) is 4.98 Å². The molecule has 0 radical (unpaired) electrons. The molecular formula is C26H32N2O3S. The summed E-state index contributed by atoms with van der Waals surface area (Å²) in [6, 6.07) is 10.4. The average Bonchev–Trinajstić information content (AvgIpc) is 3.47. The first kappa shape index (κ1) is 22.7. The van der Waals surface area contributed by atoms with Crippen molar-refractivity contribution in [3.05, 3.63) is 52.0 Å². The van der Waals surface area contributed by atoms with Crippen LogP contribution in [0.15, 0.2) is 35.7 Å². The Labute approximate surface area is 193 Å². The Morgan fingerprint density at radius 1 is 1.25 bits per heavy atom. The molecular weight excluding hydrogens is 420 g/mol. The maximum Gasteiger partial charge on any atom is 0.306 e. The molecule has 2 unspecified atom stereocenters. The summed E-state index contributed by atoms with van der Waals surface area (Å²) >= 11 is 1.74. The Bertz CT molecular complexity index is 1100. The van der Waals surface area contributed by atoms with Crippen molar-refractivity contribution in [1.82, 2.24) is 9.55 Å². The molecule has 1 N–H and O–H groups in total. The van der Waals surface area contributed by atoms with Gasteiger partial charge in [0.1, 0.15) is 5.82 Å². The lowest BCUT2D eigenvalue weighted by Crippen LogP contribution is -2.20. The van der Waals surface area contributed by atoms with Crippen LogP contribution in [0.3, 0.4) is 0 Å². The van der Waals surface area contributed by atoms with Crippen molar-refractivity contribution in [3.8, 4) is 0 Å². The zero-order chi connectivity index (χ0) is 22.8. The molecule has 0 spiro atoms. The van der Waals surface area contributed by atoms with E-state index < -0.39 is 11.9 Å². The second kappa shape index (κ2) is 9.57. The number of benzene rings is 1. The fourth-order valence-corrected chi connectivity index (χ4v) is 5.78. The molecule has 0 amide bonds. The van der Waals surface area contributed by atoms with Gasteiger partial charge in [-0.3, -0.25) is 9.59 Å². The van der Waals surface area contributed by atoms with E-state index in [0.29, 0.717) is 23.9 Å². The maximum atomic E-state index is 12.9. The number of carboxylic acid groups (broad SMARTS) is 1. The first-order valence-corrected chi connectivity index (χ1v) is 12.5. The van der Waals surface area contributed by atoms with Crippen LogP contribution in [0.4, 0.5) is 0 Å². The van der Waals surface area contributed by atoms with Crippen LogP contribution in [0.5, 0.6) is 0 Å².